The minimum atomic E-state index is -0.872. The van der Waals surface area contributed by atoms with Crippen LogP contribution in [0.5, 0.6) is 11.5 Å². The fraction of sp³-hybridized carbons (Fsp3) is 0.240. The molecule has 0 unspecified atom stereocenters. The molecule has 0 saturated heterocycles. The summed E-state index contributed by atoms with van der Waals surface area (Å²) in [4.78, 5) is 23.9. The topological polar surface area (TPSA) is 76.1 Å². The van der Waals surface area contributed by atoms with Crippen molar-refractivity contribution >= 4 is 22.6 Å². The van der Waals surface area contributed by atoms with Crippen LogP contribution in [0.25, 0.3) is 22.0 Å². The molecule has 9 heteroatoms. The van der Waals surface area contributed by atoms with Gasteiger partial charge in [-0.25, -0.2) is 13.8 Å². The van der Waals surface area contributed by atoms with E-state index in [0.717, 1.165) is 11.8 Å². The average molecular weight is 466 g/mol. The normalized spacial score (nSPS) is 13.1. The molecule has 0 spiro atoms. The van der Waals surface area contributed by atoms with Crippen molar-refractivity contribution in [3.63, 3.8) is 0 Å². The van der Waals surface area contributed by atoms with Gasteiger partial charge in [-0.15, -0.1) is 0 Å². The number of rotatable bonds is 6. The number of benzene rings is 2. The molecular weight excluding hydrogens is 442 g/mol. The van der Waals surface area contributed by atoms with E-state index in [1.54, 1.807) is 12.1 Å². The Morgan fingerprint density at radius 1 is 1.12 bits per heavy atom. The van der Waals surface area contributed by atoms with Crippen LogP contribution in [0.4, 0.5) is 8.78 Å². The van der Waals surface area contributed by atoms with Crippen molar-refractivity contribution in [2.75, 3.05) is 34.9 Å². The molecule has 1 aliphatic rings. The number of likely N-dealkylation sites (N-methyl/N-ethyl adjacent to an activating group) is 1. The van der Waals surface area contributed by atoms with Gasteiger partial charge in [0.2, 0.25) is 0 Å². The third kappa shape index (κ3) is 4.34. The number of nitrogens with one attached hydrogen (secondary N) is 1. The maximum Gasteiger partial charge on any atom is 0.258 e. The molecule has 34 heavy (non-hydrogen) atoms. The van der Waals surface area contributed by atoms with Gasteiger partial charge in [-0.3, -0.25) is 9.78 Å². The zero-order valence-corrected chi connectivity index (χ0v) is 19.3. The molecule has 0 atom stereocenters. The molecule has 0 saturated carbocycles. The predicted octanol–water partition coefficient (Wildman–Crippen LogP) is 4.17. The third-order valence-electron chi connectivity index (χ3n) is 5.40. The Kier molecular flexibility index (Phi) is 6.56. The largest absolute Gasteiger partial charge is 0.494 e. The van der Waals surface area contributed by atoms with E-state index in [1.807, 2.05) is 25.1 Å². The Morgan fingerprint density at radius 2 is 1.82 bits per heavy atom. The van der Waals surface area contributed by atoms with Crippen LogP contribution in [-0.2, 0) is 0 Å². The van der Waals surface area contributed by atoms with E-state index in [2.05, 4.69) is 15.3 Å². The highest BCUT2D eigenvalue weighted by Gasteiger charge is 2.25. The summed E-state index contributed by atoms with van der Waals surface area (Å²) in [5, 5.41) is 3.23. The van der Waals surface area contributed by atoms with Crippen molar-refractivity contribution in [2.24, 2.45) is 4.99 Å². The lowest BCUT2D eigenvalue weighted by Crippen LogP contribution is -2.29. The first-order valence-corrected chi connectivity index (χ1v) is 10.5. The van der Waals surface area contributed by atoms with Crippen LogP contribution < -0.4 is 14.8 Å². The number of methoxy groups -OCH3 is 2. The van der Waals surface area contributed by atoms with Gasteiger partial charge < -0.3 is 19.7 Å². The summed E-state index contributed by atoms with van der Waals surface area (Å²) in [5.41, 5.74) is 1.34. The standard InChI is InChI=1S/C25H24F2N4O3/c1-31(2)13-14-7-10-20(29-14)30-25(32)17-9-8-15(16-6-5-11-28-24(16)17)21-22(26)18(33-3)12-19(34-4)23(21)27/h5-9,11-12H,10,13H2,1-4H3,(H,29,30,32). The van der Waals surface area contributed by atoms with Gasteiger partial charge in [0.05, 0.1) is 36.6 Å². The molecular formula is C25H24F2N4O3. The van der Waals surface area contributed by atoms with Gasteiger partial charge in [-0.05, 0) is 31.8 Å². The average Bonchev–Trinajstić information content (AvgIpc) is 3.25. The molecule has 7 nitrogen and oxygen atoms in total. The Bertz CT molecular complexity index is 1310. The van der Waals surface area contributed by atoms with Gasteiger partial charge in [-0.1, -0.05) is 18.2 Å². The van der Waals surface area contributed by atoms with Crippen molar-refractivity contribution in [3.8, 4) is 22.6 Å². The molecule has 0 radical (unpaired) electrons. The molecule has 2 aromatic carbocycles. The molecule has 0 bridgehead atoms. The summed E-state index contributed by atoms with van der Waals surface area (Å²) < 4.78 is 40.5. The number of fused-ring (bicyclic) bond motifs is 1. The van der Waals surface area contributed by atoms with Crippen molar-refractivity contribution in [2.45, 2.75) is 6.42 Å². The van der Waals surface area contributed by atoms with E-state index >= 15 is 8.78 Å². The van der Waals surface area contributed by atoms with Crippen LogP contribution >= 0.6 is 0 Å². The van der Waals surface area contributed by atoms with E-state index in [-0.39, 0.29) is 28.2 Å². The second-order valence-electron chi connectivity index (χ2n) is 7.99. The van der Waals surface area contributed by atoms with E-state index in [1.165, 1.54) is 32.5 Å². The highest BCUT2D eigenvalue weighted by atomic mass is 19.1. The highest BCUT2D eigenvalue weighted by molar-refractivity contribution is 6.14. The lowest BCUT2D eigenvalue weighted by molar-refractivity contribution is 0.0978. The summed E-state index contributed by atoms with van der Waals surface area (Å²) in [5.74, 6) is -1.94. The predicted molar refractivity (Wildman–Crippen MR) is 126 cm³/mol. The fourth-order valence-electron chi connectivity index (χ4n) is 3.88. The number of hydrogen-bond donors (Lipinski definition) is 1. The number of nitrogens with zero attached hydrogens (tertiary/aromatic N) is 3. The molecule has 0 fully saturated rings. The van der Waals surface area contributed by atoms with Crippen molar-refractivity contribution in [1.82, 2.24) is 15.2 Å². The first-order valence-electron chi connectivity index (χ1n) is 10.5. The summed E-state index contributed by atoms with van der Waals surface area (Å²) in [6.45, 7) is 0.666. The second-order valence-corrected chi connectivity index (χ2v) is 7.99. The van der Waals surface area contributed by atoms with Crippen molar-refractivity contribution in [1.29, 1.82) is 0 Å². The van der Waals surface area contributed by atoms with Crippen LogP contribution in [0.2, 0.25) is 0 Å². The van der Waals surface area contributed by atoms with Gasteiger partial charge in [0, 0.05) is 30.6 Å². The number of halogens is 2. The zero-order valence-electron chi connectivity index (χ0n) is 19.3. The number of pyridine rings is 1. The maximum atomic E-state index is 15.2. The van der Waals surface area contributed by atoms with Gasteiger partial charge in [0.1, 0.15) is 5.84 Å². The monoisotopic (exact) mass is 466 g/mol. The third-order valence-corrected chi connectivity index (χ3v) is 5.40. The number of carbonyl (C=O) groups is 1. The lowest BCUT2D eigenvalue weighted by atomic mass is 9.96. The van der Waals surface area contributed by atoms with E-state index in [4.69, 9.17) is 9.47 Å². The summed E-state index contributed by atoms with van der Waals surface area (Å²) >= 11 is 0. The number of hydrogen-bond acceptors (Lipinski definition) is 6. The highest BCUT2D eigenvalue weighted by Crippen LogP contribution is 2.40. The van der Waals surface area contributed by atoms with Crippen LogP contribution in [0.15, 0.2) is 53.3 Å². The van der Waals surface area contributed by atoms with Crippen molar-refractivity contribution in [3.05, 3.63) is 65.5 Å². The summed E-state index contributed by atoms with van der Waals surface area (Å²) in [7, 11) is 6.46. The summed E-state index contributed by atoms with van der Waals surface area (Å²) in [6.07, 6.45) is 3.99. The molecule has 4 rings (SSSR count). The SMILES string of the molecule is COc1cc(OC)c(F)c(-c2ccc(C(=O)NC3=NC(CN(C)C)=CC3)c3ncccc23)c1F. The van der Waals surface area contributed by atoms with Crippen LogP contribution in [0.3, 0.4) is 0 Å². The van der Waals surface area contributed by atoms with E-state index < -0.39 is 17.5 Å². The number of carbonyl (C=O) groups excluding carboxylic acids is 1. The molecule has 3 aromatic rings. The second kappa shape index (κ2) is 9.56. The van der Waals surface area contributed by atoms with Crippen LogP contribution in [0.1, 0.15) is 16.8 Å². The Labute approximate surface area is 195 Å². The molecule has 1 aromatic heterocycles. The van der Waals surface area contributed by atoms with Gasteiger partial charge in [0.15, 0.2) is 23.1 Å². The number of ether oxygens (including phenoxy) is 2. The number of amides is 1. The number of aromatic nitrogens is 1. The number of aliphatic imine (C=N–C) groups is 1. The smallest absolute Gasteiger partial charge is 0.258 e. The molecule has 1 aliphatic heterocycles. The molecule has 1 amide bonds. The van der Waals surface area contributed by atoms with E-state index in [9.17, 15) is 4.79 Å². The quantitative estimate of drug-likeness (QED) is 0.590. The maximum absolute atomic E-state index is 15.2. The Balaban J connectivity index is 1.76. The van der Waals surface area contributed by atoms with Crippen LogP contribution in [0, 0.1) is 11.6 Å². The van der Waals surface area contributed by atoms with Gasteiger partial charge in [0.25, 0.3) is 5.91 Å². The first-order chi connectivity index (χ1) is 16.3. The minimum absolute atomic E-state index is 0.160. The Hall–Kier alpha value is -3.85. The van der Waals surface area contributed by atoms with E-state index in [0.29, 0.717) is 29.7 Å². The van der Waals surface area contributed by atoms with Crippen LogP contribution in [-0.4, -0.2) is 56.5 Å². The molecule has 1 N–H and O–H groups in total. The van der Waals surface area contributed by atoms with Crippen molar-refractivity contribution < 1.29 is 23.0 Å². The van der Waals surface area contributed by atoms with Gasteiger partial charge in [-0.2, -0.15) is 0 Å². The fourth-order valence-corrected chi connectivity index (χ4v) is 3.88. The van der Waals surface area contributed by atoms with Gasteiger partial charge >= 0.3 is 0 Å². The minimum Gasteiger partial charge on any atom is -0.494 e. The lowest BCUT2D eigenvalue weighted by Gasteiger charge is -2.15. The summed E-state index contributed by atoms with van der Waals surface area (Å²) in [6, 6.07) is 7.43. The zero-order chi connectivity index (χ0) is 24.4. The Morgan fingerprint density at radius 3 is 2.47 bits per heavy atom. The molecule has 176 valence electrons. The molecule has 0 aliphatic carbocycles. The first kappa shape index (κ1) is 23.3. The molecule has 2 heterocycles. The number of amidine groups is 1.